The lowest BCUT2D eigenvalue weighted by atomic mass is 9.93. The third-order valence-corrected chi connectivity index (χ3v) is 3.75. The van der Waals surface area contributed by atoms with Crippen molar-refractivity contribution in [3.05, 3.63) is 35.4 Å². The average molecular weight is 260 g/mol. The number of benzene rings is 1. The Hall–Kier alpha value is -1.35. The summed E-state index contributed by atoms with van der Waals surface area (Å²) in [6, 6.07) is 8.30. The molecule has 2 rings (SSSR count). The zero-order valence-corrected chi connectivity index (χ0v) is 11.9. The molecule has 2 atom stereocenters. The van der Waals surface area contributed by atoms with Gasteiger partial charge in [-0.15, -0.1) is 0 Å². The molecule has 19 heavy (non-hydrogen) atoms. The van der Waals surface area contributed by atoms with Crippen LogP contribution in [0.5, 0.6) is 0 Å². The molecule has 0 bridgehead atoms. The summed E-state index contributed by atoms with van der Waals surface area (Å²) in [7, 11) is 0. The summed E-state index contributed by atoms with van der Waals surface area (Å²) in [5, 5.41) is 6.45. The van der Waals surface area contributed by atoms with E-state index in [0.29, 0.717) is 0 Å². The maximum atomic E-state index is 12.4. The summed E-state index contributed by atoms with van der Waals surface area (Å²) in [6.07, 6.45) is 4.39. The second-order valence-corrected chi connectivity index (χ2v) is 5.39. The third-order valence-electron chi connectivity index (χ3n) is 3.75. The van der Waals surface area contributed by atoms with Crippen molar-refractivity contribution in [2.75, 3.05) is 6.54 Å². The first-order chi connectivity index (χ1) is 9.22. The van der Waals surface area contributed by atoms with E-state index in [-0.39, 0.29) is 18.0 Å². The number of hydrogen-bond donors (Lipinski definition) is 2. The van der Waals surface area contributed by atoms with Gasteiger partial charge in [0, 0.05) is 12.6 Å². The fraction of sp³-hybridized carbons (Fsp3) is 0.562. The van der Waals surface area contributed by atoms with Gasteiger partial charge >= 0.3 is 0 Å². The number of hydrogen-bond acceptors (Lipinski definition) is 2. The smallest absolute Gasteiger partial charge is 0.241 e. The molecular formula is C16H24N2O. The molecule has 3 heteroatoms. The van der Waals surface area contributed by atoms with Gasteiger partial charge in [0.25, 0.3) is 0 Å². The lowest BCUT2D eigenvalue weighted by Crippen LogP contribution is -2.44. The Morgan fingerprint density at radius 1 is 1.47 bits per heavy atom. The molecule has 0 fully saturated rings. The average Bonchev–Trinajstić information content (AvgIpc) is 2.44. The fourth-order valence-electron chi connectivity index (χ4n) is 2.65. The van der Waals surface area contributed by atoms with Gasteiger partial charge in [-0.25, -0.2) is 0 Å². The van der Waals surface area contributed by atoms with E-state index in [0.717, 1.165) is 31.4 Å². The Morgan fingerprint density at radius 3 is 3.05 bits per heavy atom. The standard InChI is InChI=1S/C16H24N2O/c1-3-4-7-12(2)18-16(19)15-14-9-6-5-8-13(14)10-11-17-15/h5-6,8-9,12,15,17H,3-4,7,10-11H2,1-2H3,(H,18,19). The molecule has 1 heterocycles. The first kappa shape index (κ1) is 14.1. The summed E-state index contributed by atoms with van der Waals surface area (Å²) < 4.78 is 0. The molecule has 0 radical (unpaired) electrons. The van der Waals surface area contributed by atoms with Crippen molar-refractivity contribution < 1.29 is 4.79 Å². The first-order valence-corrected chi connectivity index (χ1v) is 7.34. The van der Waals surface area contributed by atoms with Gasteiger partial charge in [0.15, 0.2) is 0 Å². The Morgan fingerprint density at radius 2 is 2.26 bits per heavy atom. The van der Waals surface area contributed by atoms with Gasteiger partial charge in [-0.1, -0.05) is 44.0 Å². The van der Waals surface area contributed by atoms with Gasteiger partial charge in [-0.05, 0) is 30.9 Å². The Kier molecular flexibility index (Phi) is 4.97. The molecule has 2 unspecified atom stereocenters. The number of amides is 1. The van der Waals surface area contributed by atoms with E-state index in [9.17, 15) is 4.79 Å². The maximum Gasteiger partial charge on any atom is 0.241 e. The molecule has 0 saturated heterocycles. The molecule has 0 saturated carbocycles. The van der Waals surface area contributed by atoms with E-state index in [1.165, 1.54) is 12.0 Å². The van der Waals surface area contributed by atoms with Crippen molar-refractivity contribution >= 4 is 5.91 Å². The molecule has 104 valence electrons. The first-order valence-electron chi connectivity index (χ1n) is 7.34. The second kappa shape index (κ2) is 6.71. The molecule has 3 nitrogen and oxygen atoms in total. The van der Waals surface area contributed by atoms with E-state index in [1.807, 2.05) is 12.1 Å². The maximum absolute atomic E-state index is 12.4. The third kappa shape index (κ3) is 3.57. The van der Waals surface area contributed by atoms with Crippen LogP contribution in [0.1, 0.15) is 50.3 Å². The molecule has 1 amide bonds. The Bertz CT molecular complexity index is 431. The zero-order valence-electron chi connectivity index (χ0n) is 11.9. The van der Waals surface area contributed by atoms with Gasteiger partial charge in [-0.3, -0.25) is 4.79 Å². The molecule has 1 aliphatic rings. The van der Waals surface area contributed by atoms with Gasteiger partial charge < -0.3 is 10.6 Å². The van der Waals surface area contributed by atoms with E-state index in [4.69, 9.17) is 0 Å². The Balaban J connectivity index is 2.00. The minimum Gasteiger partial charge on any atom is -0.352 e. The molecule has 1 aromatic rings. The predicted molar refractivity (Wildman–Crippen MR) is 78.0 cm³/mol. The van der Waals surface area contributed by atoms with Crippen LogP contribution in [0.15, 0.2) is 24.3 Å². The van der Waals surface area contributed by atoms with Crippen LogP contribution in [0.2, 0.25) is 0 Å². The van der Waals surface area contributed by atoms with Crippen molar-refractivity contribution in [3.63, 3.8) is 0 Å². The highest BCUT2D eigenvalue weighted by Gasteiger charge is 2.26. The zero-order chi connectivity index (χ0) is 13.7. The van der Waals surface area contributed by atoms with Crippen LogP contribution in [-0.2, 0) is 11.2 Å². The molecule has 0 aromatic heterocycles. The van der Waals surface area contributed by atoms with Crippen LogP contribution in [0.4, 0.5) is 0 Å². The van der Waals surface area contributed by atoms with Crippen LogP contribution in [0.25, 0.3) is 0 Å². The number of carbonyl (C=O) groups excluding carboxylic acids is 1. The highest BCUT2D eigenvalue weighted by Crippen LogP contribution is 2.22. The van der Waals surface area contributed by atoms with Crippen molar-refractivity contribution in [2.45, 2.75) is 51.6 Å². The Labute approximate surface area is 115 Å². The largest absolute Gasteiger partial charge is 0.352 e. The molecule has 0 aliphatic carbocycles. The number of unbranched alkanes of at least 4 members (excludes halogenated alkanes) is 1. The van der Waals surface area contributed by atoms with Gasteiger partial charge in [0.1, 0.15) is 6.04 Å². The van der Waals surface area contributed by atoms with Gasteiger partial charge in [-0.2, -0.15) is 0 Å². The van der Waals surface area contributed by atoms with Crippen LogP contribution in [0, 0.1) is 0 Å². The van der Waals surface area contributed by atoms with Gasteiger partial charge in [0.2, 0.25) is 5.91 Å². The summed E-state index contributed by atoms with van der Waals surface area (Å²) in [4.78, 5) is 12.4. The summed E-state index contributed by atoms with van der Waals surface area (Å²) in [6.45, 7) is 5.13. The summed E-state index contributed by atoms with van der Waals surface area (Å²) >= 11 is 0. The molecule has 1 aromatic carbocycles. The summed E-state index contributed by atoms with van der Waals surface area (Å²) in [5.41, 5.74) is 2.43. The number of carbonyl (C=O) groups is 1. The molecule has 2 N–H and O–H groups in total. The number of fused-ring (bicyclic) bond motifs is 1. The minimum atomic E-state index is -0.186. The second-order valence-electron chi connectivity index (χ2n) is 5.39. The van der Waals surface area contributed by atoms with Crippen molar-refractivity contribution in [3.8, 4) is 0 Å². The van der Waals surface area contributed by atoms with Crippen LogP contribution in [0.3, 0.4) is 0 Å². The van der Waals surface area contributed by atoms with Crippen LogP contribution >= 0.6 is 0 Å². The van der Waals surface area contributed by atoms with Gasteiger partial charge in [0.05, 0.1) is 0 Å². The van der Waals surface area contributed by atoms with E-state index < -0.39 is 0 Å². The lowest BCUT2D eigenvalue weighted by Gasteiger charge is -2.27. The SMILES string of the molecule is CCCCC(C)NC(=O)C1NCCc2ccccc21. The number of nitrogens with one attached hydrogen (secondary N) is 2. The van der Waals surface area contributed by atoms with E-state index in [1.54, 1.807) is 0 Å². The summed E-state index contributed by atoms with van der Waals surface area (Å²) in [5.74, 6) is 0.107. The van der Waals surface area contributed by atoms with Crippen molar-refractivity contribution in [1.82, 2.24) is 10.6 Å². The monoisotopic (exact) mass is 260 g/mol. The van der Waals surface area contributed by atoms with Crippen molar-refractivity contribution in [1.29, 1.82) is 0 Å². The molecule has 0 spiro atoms. The molecule has 1 aliphatic heterocycles. The highest BCUT2D eigenvalue weighted by atomic mass is 16.2. The minimum absolute atomic E-state index is 0.107. The normalized spacial score (nSPS) is 19.6. The predicted octanol–water partition coefficient (Wildman–Crippen LogP) is 2.57. The van der Waals surface area contributed by atoms with E-state index in [2.05, 4.69) is 36.6 Å². The van der Waals surface area contributed by atoms with Crippen molar-refractivity contribution in [2.24, 2.45) is 0 Å². The highest BCUT2D eigenvalue weighted by molar-refractivity contribution is 5.84. The lowest BCUT2D eigenvalue weighted by molar-refractivity contribution is -0.124. The number of rotatable bonds is 5. The quantitative estimate of drug-likeness (QED) is 0.854. The van der Waals surface area contributed by atoms with Crippen LogP contribution in [-0.4, -0.2) is 18.5 Å². The van der Waals surface area contributed by atoms with E-state index >= 15 is 0 Å². The molecular weight excluding hydrogens is 236 g/mol. The van der Waals surface area contributed by atoms with Crippen LogP contribution < -0.4 is 10.6 Å². The topological polar surface area (TPSA) is 41.1 Å². The fourth-order valence-corrected chi connectivity index (χ4v) is 2.65.